The highest BCUT2D eigenvalue weighted by Gasteiger charge is 2.16. The Morgan fingerprint density at radius 3 is 2.56 bits per heavy atom. The zero-order valence-electron chi connectivity index (χ0n) is 17.4. The lowest BCUT2D eigenvalue weighted by Gasteiger charge is -2.13. The molecule has 7 heteroatoms. The second kappa shape index (κ2) is 10.2. The number of ether oxygens (including phenoxy) is 1. The molecule has 0 aliphatic heterocycles. The van der Waals surface area contributed by atoms with Crippen LogP contribution in [0.3, 0.4) is 0 Å². The van der Waals surface area contributed by atoms with Crippen molar-refractivity contribution < 1.29 is 13.5 Å². The lowest BCUT2D eigenvalue weighted by Crippen LogP contribution is -2.03. The first kappa shape index (κ1) is 21.8. The number of hydrogen-bond acceptors (Lipinski definition) is 5. The molecule has 0 spiro atoms. The number of thioether (sulfide) groups is 1. The summed E-state index contributed by atoms with van der Waals surface area (Å²) in [4.78, 5) is 8.41. The molecule has 3 aromatic carbocycles. The summed E-state index contributed by atoms with van der Waals surface area (Å²) in [6.07, 6.45) is 3.14. The maximum absolute atomic E-state index is 14.7. The highest BCUT2D eigenvalue weighted by atomic mass is 32.2. The summed E-state index contributed by atoms with van der Waals surface area (Å²) in [7, 11) is 0. The number of nitrogens with one attached hydrogen (secondary N) is 1. The van der Waals surface area contributed by atoms with E-state index in [9.17, 15) is 8.78 Å². The zero-order chi connectivity index (χ0) is 22.3. The Bertz CT molecular complexity index is 1200. The minimum absolute atomic E-state index is 0.0332. The molecule has 0 aliphatic rings. The van der Waals surface area contributed by atoms with Crippen LogP contribution in [0.5, 0.6) is 5.75 Å². The van der Waals surface area contributed by atoms with Crippen LogP contribution in [0.15, 0.2) is 79.0 Å². The van der Waals surface area contributed by atoms with Crippen molar-refractivity contribution in [3.63, 3.8) is 0 Å². The summed E-state index contributed by atoms with van der Waals surface area (Å²) >= 11 is 1.72. The van der Waals surface area contributed by atoms with Gasteiger partial charge in [-0.2, -0.15) is 11.8 Å². The predicted molar refractivity (Wildman–Crippen MR) is 125 cm³/mol. The summed E-state index contributed by atoms with van der Waals surface area (Å²) in [6, 6.07) is 21.3. The smallest absolute Gasteiger partial charge is 0.227 e. The van der Waals surface area contributed by atoms with Gasteiger partial charge in [-0.05, 0) is 41.6 Å². The van der Waals surface area contributed by atoms with Crippen molar-refractivity contribution in [3.05, 3.63) is 102 Å². The Balaban J connectivity index is 1.63. The van der Waals surface area contributed by atoms with Crippen LogP contribution < -0.4 is 10.1 Å². The molecule has 1 aromatic heterocycles. The first-order chi connectivity index (χ1) is 15.6. The maximum atomic E-state index is 14.7. The summed E-state index contributed by atoms with van der Waals surface area (Å²) in [5.41, 5.74) is 3.25. The molecule has 4 aromatic rings. The highest BCUT2D eigenvalue weighted by Crippen LogP contribution is 2.32. The lowest BCUT2D eigenvalue weighted by atomic mass is 10.1. The van der Waals surface area contributed by atoms with Gasteiger partial charge in [0.25, 0.3) is 0 Å². The van der Waals surface area contributed by atoms with E-state index in [0.29, 0.717) is 5.56 Å². The third-order valence-corrected chi connectivity index (χ3v) is 5.30. The van der Waals surface area contributed by atoms with E-state index in [1.807, 2.05) is 60.9 Å². The van der Waals surface area contributed by atoms with Crippen LogP contribution >= 0.6 is 11.8 Å². The molecule has 1 N–H and O–H groups in total. The quantitative estimate of drug-likeness (QED) is 0.328. The van der Waals surface area contributed by atoms with Crippen LogP contribution in [0.25, 0.3) is 11.3 Å². The summed E-state index contributed by atoms with van der Waals surface area (Å²) in [6.45, 7) is 0.220. The molecule has 0 atom stereocenters. The third-order valence-electron chi connectivity index (χ3n) is 4.67. The van der Waals surface area contributed by atoms with Gasteiger partial charge >= 0.3 is 0 Å². The predicted octanol–water partition coefficient (Wildman–Crippen LogP) is 6.61. The Morgan fingerprint density at radius 2 is 1.75 bits per heavy atom. The molecule has 0 saturated heterocycles. The second-order valence-electron chi connectivity index (χ2n) is 7.06. The normalized spacial score (nSPS) is 10.7. The van der Waals surface area contributed by atoms with Gasteiger partial charge in [-0.3, -0.25) is 0 Å². The molecule has 4 nitrogen and oxygen atoms in total. The third kappa shape index (κ3) is 5.42. The van der Waals surface area contributed by atoms with Crippen molar-refractivity contribution in [3.8, 4) is 17.0 Å². The van der Waals surface area contributed by atoms with Gasteiger partial charge < -0.3 is 10.1 Å². The minimum Gasteiger partial charge on any atom is -0.488 e. The first-order valence-electron chi connectivity index (χ1n) is 9.96. The molecule has 0 amide bonds. The van der Waals surface area contributed by atoms with Crippen LogP contribution in [0.1, 0.15) is 11.1 Å². The van der Waals surface area contributed by atoms with E-state index in [2.05, 4.69) is 15.3 Å². The van der Waals surface area contributed by atoms with Crippen molar-refractivity contribution in [1.82, 2.24) is 9.97 Å². The van der Waals surface area contributed by atoms with Crippen LogP contribution in [-0.4, -0.2) is 16.2 Å². The van der Waals surface area contributed by atoms with Gasteiger partial charge in [0, 0.05) is 23.1 Å². The van der Waals surface area contributed by atoms with Crippen LogP contribution in [-0.2, 0) is 12.4 Å². The van der Waals surface area contributed by atoms with E-state index in [4.69, 9.17) is 4.74 Å². The van der Waals surface area contributed by atoms with Gasteiger partial charge in [-0.25, -0.2) is 18.7 Å². The maximum Gasteiger partial charge on any atom is 0.227 e. The van der Waals surface area contributed by atoms with E-state index in [1.54, 1.807) is 11.8 Å². The molecule has 0 bridgehead atoms. The number of hydrogen-bond donors (Lipinski definition) is 1. The molecule has 0 aliphatic carbocycles. The Morgan fingerprint density at radius 1 is 0.938 bits per heavy atom. The second-order valence-corrected chi connectivity index (χ2v) is 7.93. The van der Waals surface area contributed by atoms with Gasteiger partial charge in [0.1, 0.15) is 23.9 Å². The number of anilines is 2. The summed E-state index contributed by atoms with van der Waals surface area (Å²) in [5, 5.41) is 3.12. The fourth-order valence-corrected chi connectivity index (χ4v) is 3.71. The molecular weight excluding hydrogens is 428 g/mol. The van der Waals surface area contributed by atoms with Gasteiger partial charge in [-0.1, -0.05) is 42.5 Å². The van der Waals surface area contributed by atoms with Crippen molar-refractivity contribution in [2.75, 3.05) is 11.6 Å². The Labute approximate surface area is 189 Å². The molecule has 1 heterocycles. The van der Waals surface area contributed by atoms with E-state index >= 15 is 0 Å². The lowest BCUT2D eigenvalue weighted by molar-refractivity contribution is 0.305. The fourth-order valence-electron chi connectivity index (χ4n) is 3.20. The molecule has 0 radical (unpaired) electrons. The number of benzene rings is 3. The molecule has 0 unspecified atom stereocenters. The first-order valence-corrected chi connectivity index (χ1v) is 11.4. The molecular formula is C25H21F2N3OS. The standard InChI is InChI=1S/C25H21F2N3OS/c1-32-16-18-8-5-9-20(12-18)29-25-28-14-22(27)24(30-25)21-11-10-19(26)13-23(21)31-15-17-6-3-2-4-7-17/h2-14H,15-16H2,1H3,(H,28,29,30). The summed E-state index contributed by atoms with van der Waals surface area (Å²) in [5.74, 6) is 0.224. The summed E-state index contributed by atoms with van der Waals surface area (Å²) < 4.78 is 34.5. The van der Waals surface area contributed by atoms with Crippen molar-refractivity contribution in [2.45, 2.75) is 12.4 Å². The van der Waals surface area contributed by atoms with Crippen molar-refractivity contribution in [1.29, 1.82) is 0 Å². The van der Waals surface area contributed by atoms with Gasteiger partial charge in [0.05, 0.1) is 6.20 Å². The number of halogens is 2. The fraction of sp³-hybridized carbons (Fsp3) is 0.120. The number of rotatable bonds is 8. The largest absolute Gasteiger partial charge is 0.488 e. The Kier molecular flexibility index (Phi) is 6.97. The molecule has 32 heavy (non-hydrogen) atoms. The minimum atomic E-state index is -0.622. The molecule has 0 saturated carbocycles. The highest BCUT2D eigenvalue weighted by molar-refractivity contribution is 7.97. The number of nitrogens with zero attached hydrogens (tertiary/aromatic N) is 2. The number of aromatic nitrogens is 2. The average molecular weight is 450 g/mol. The van der Waals surface area contributed by atoms with Crippen LogP contribution in [0, 0.1) is 11.6 Å². The van der Waals surface area contributed by atoms with Crippen LogP contribution in [0.4, 0.5) is 20.4 Å². The van der Waals surface area contributed by atoms with Crippen molar-refractivity contribution in [2.24, 2.45) is 0 Å². The molecule has 4 rings (SSSR count). The van der Waals surface area contributed by atoms with Gasteiger partial charge in [-0.15, -0.1) is 0 Å². The van der Waals surface area contributed by atoms with Gasteiger partial charge in [0.15, 0.2) is 5.82 Å². The van der Waals surface area contributed by atoms with E-state index < -0.39 is 11.6 Å². The topological polar surface area (TPSA) is 47.0 Å². The Hall–Kier alpha value is -3.45. The molecule has 0 fully saturated rings. The molecule has 162 valence electrons. The zero-order valence-corrected chi connectivity index (χ0v) is 18.2. The van der Waals surface area contributed by atoms with Crippen molar-refractivity contribution >= 4 is 23.4 Å². The monoisotopic (exact) mass is 449 g/mol. The van der Waals surface area contributed by atoms with Crippen LogP contribution in [0.2, 0.25) is 0 Å². The van der Waals surface area contributed by atoms with E-state index in [-0.39, 0.29) is 24.0 Å². The van der Waals surface area contributed by atoms with E-state index in [1.165, 1.54) is 18.2 Å². The average Bonchev–Trinajstić information content (AvgIpc) is 2.80. The SMILES string of the molecule is CSCc1cccc(Nc2ncc(F)c(-c3ccc(F)cc3OCc3ccccc3)n2)c1. The van der Waals surface area contributed by atoms with E-state index in [0.717, 1.165) is 28.8 Å². The van der Waals surface area contributed by atoms with Gasteiger partial charge in [0.2, 0.25) is 5.95 Å².